The van der Waals surface area contributed by atoms with Crippen molar-refractivity contribution in [3.8, 4) is 0 Å². The molecule has 0 saturated heterocycles. The first-order chi connectivity index (χ1) is 8.48. The lowest BCUT2D eigenvalue weighted by molar-refractivity contribution is -0.154. The van der Waals surface area contributed by atoms with E-state index in [0.29, 0.717) is 0 Å². The van der Waals surface area contributed by atoms with Crippen molar-refractivity contribution in [2.24, 2.45) is 0 Å². The molecule has 0 heterocycles. The topological polar surface area (TPSA) is 26.3 Å². The van der Waals surface area contributed by atoms with E-state index in [9.17, 15) is 4.79 Å². The third-order valence-corrected chi connectivity index (χ3v) is 3.30. The molecule has 0 N–H and O–H groups in total. The summed E-state index contributed by atoms with van der Waals surface area (Å²) in [5, 5.41) is 0. The Balaban J connectivity index is 3.31. The van der Waals surface area contributed by atoms with E-state index in [4.69, 9.17) is 4.74 Å². The van der Waals surface area contributed by atoms with Crippen molar-refractivity contribution in [2.75, 3.05) is 0 Å². The number of hydrogen-bond donors (Lipinski definition) is 0. The molecule has 0 spiro atoms. The van der Waals surface area contributed by atoms with Gasteiger partial charge in [0.05, 0.1) is 0 Å². The molecule has 0 aromatic heterocycles. The van der Waals surface area contributed by atoms with Crippen LogP contribution >= 0.6 is 0 Å². The fraction of sp³-hybridized carbons (Fsp3) is 0.938. The molecule has 0 fully saturated rings. The predicted molar refractivity (Wildman–Crippen MR) is 77.7 cm³/mol. The average molecular weight is 256 g/mol. The molecule has 2 nitrogen and oxygen atoms in total. The summed E-state index contributed by atoms with van der Waals surface area (Å²) in [6, 6.07) is 0. The van der Waals surface area contributed by atoms with Crippen molar-refractivity contribution in [3.05, 3.63) is 0 Å². The smallest absolute Gasteiger partial charge is 0.303 e. The van der Waals surface area contributed by atoms with Crippen molar-refractivity contribution >= 4 is 5.97 Å². The van der Waals surface area contributed by atoms with Gasteiger partial charge in [0.15, 0.2) is 0 Å². The van der Waals surface area contributed by atoms with E-state index in [-0.39, 0.29) is 11.6 Å². The molecule has 0 atom stereocenters. The minimum Gasteiger partial charge on any atom is -0.460 e. The number of esters is 1. The molecule has 18 heavy (non-hydrogen) atoms. The van der Waals surface area contributed by atoms with Crippen LogP contribution < -0.4 is 0 Å². The van der Waals surface area contributed by atoms with Crippen molar-refractivity contribution in [3.63, 3.8) is 0 Å². The summed E-state index contributed by atoms with van der Waals surface area (Å²) in [6.07, 6.45) is 13.0. The molecule has 0 aliphatic rings. The van der Waals surface area contributed by atoms with Crippen LogP contribution in [0.4, 0.5) is 0 Å². The van der Waals surface area contributed by atoms with Gasteiger partial charge in [-0.25, -0.2) is 0 Å². The summed E-state index contributed by atoms with van der Waals surface area (Å²) in [6.45, 7) is 7.74. The van der Waals surface area contributed by atoms with E-state index in [2.05, 4.69) is 6.92 Å². The molecule has 0 aliphatic heterocycles. The Hall–Kier alpha value is -0.530. The number of ether oxygens (including phenoxy) is 1. The maximum Gasteiger partial charge on any atom is 0.303 e. The summed E-state index contributed by atoms with van der Waals surface area (Å²) in [7, 11) is 0. The highest BCUT2D eigenvalue weighted by Gasteiger charge is 2.19. The predicted octanol–water partition coefficient (Wildman–Crippen LogP) is 5.25. The van der Waals surface area contributed by atoms with Crippen molar-refractivity contribution < 1.29 is 9.53 Å². The number of unbranched alkanes of at least 4 members (excludes halogenated alkanes) is 8. The van der Waals surface area contributed by atoms with Crippen molar-refractivity contribution in [1.29, 1.82) is 0 Å². The van der Waals surface area contributed by atoms with E-state index in [0.717, 1.165) is 12.8 Å². The van der Waals surface area contributed by atoms with E-state index in [1.165, 1.54) is 58.3 Å². The highest BCUT2D eigenvalue weighted by molar-refractivity contribution is 5.66. The zero-order valence-electron chi connectivity index (χ0n) is 12.9. The Bertz CT molecular complexity index is 209. The molecular weight excluding hydrogens is 224 g/mol. The standard InChI is InChI=1S/C16H32O2/c1-5-6-7-8-9-10-11-12-13-14-16(3,4)18-15(2)17/h5-14H2,1-4H3. The molecular formula is C16H32O2. The zero-order valence-corrected chi connectivity index (χ0v) is 12.9. The third kappa shape index (κ3) is 11.9. The molecule has 0 unspecified atom stereocenters. The Morgan fingerprint density at radius 2 is 1.33 bits per heavy atom. The second-order valence-electron chi connectivity index (χ2n) is 5.93. The second kappa shape index (κ2) is 10.4. The first kappa shape index (κ1) is 17.5. The minimum absolute atomic E-state index is 0.170. The zero-order chi connectivity index (χ0) is 13.9. The van der Waals surface area contributed by atoms with Gasteiger partial charge in [0.2, 0.25) is 0 Å². The van der Waals surface area contributed by atoms with Gasteiger partial charge in [-0.05, 0) is 26.7 Å². The van der Waals surface area contributed by atoms with Crippen LogP contribution in [0.15, 0.2) is 0 Å². The van der Waals surface area contributed by atoms with Crippen LogP contribution in [-0.4, -0.2) is 11.6 Å². The Morgan fingerprint density at radius 3 is 1.78 bits per heavy atom. The van der Waals surface area contributed by atoms with Gasteiger partial charge in [-0.2, -0.15) is 0 Å². The van der Waals surface area contributed by atoms with Crippen molar-refractivity contribution in [2.45, 2.75) is 97.5 Å². The molecule has 2 heteroatoms. The van der Waals surface area contributed by atoms with E-state index in [1.807, 2.05) is 13.8 Å². The molecule has 0 amide bonds. The molecule has 0 aliphatic carbocycles. The average Bonchev–Trinajstić information content (AvgIpc) is 2.25. The molecule has 0 rings (SSSR count). The summed E-state index contributed by atoms with van der Waals surface area (Å²) >= 11 is 0. The Labute approximate surface area is 113 Å². The first-order valence-electron chi connectivity index (χ1n) is 7.67. The summed E-state index contributed by atoms with van der Waals surface area (Å²) in [5.74, 6) is -0.170. The Kier molecular flexibility index (Phi) is 10.1. The van der Waals surface area contributed by atoms with E-state index < -0.39 is 0 Å². The summed E-state index contributed by atoms with van der Waals surface area (Å²) < 4.78 is 5.27. The number of carbonyl (C=O) groups excluding carboxylic acids is 1. The second-order valence-corrected chi connectivity index (χ2v) is 5.93. The van der Waals surface area contributed by atoms with Gasteiger partial charge < -0.3 is 4.74 Å². The van der Waals surface area contributed by atoms with Crippen LogP contribution in [0.25, 0.3) is 0 Å². The third-order valence-electron chi connectivity index (χ3n) is 3.30. The maximum atomic E-state index is 10.9. The SMILES string of the molecule is CCCCCCCCCCCC(C)(C)OC(C)=O. The first-order valence-corrected chi connectivity index (χ1v) is 7.67. The monoisotopic (exact) mass is 256 g/mol. The highest BCUT2D eigenvalue weighted by Crippen LogP contribution is 2.19. The van der Waals surface area contributed by atoms with Crippen LogP contribution in [0.2, 0.25) is 0 Å². The fourth-order valence-electron chi connectivity index (χ4n) is 2.30. The lowest BCUT2D eigenvalue weighted by Crippen LogP contribution is -2.26. The van der Waals surface area contributed by atoms with Gasteiger partial charge in [0.1, 0.15) is 5.60 Å². The highest BCUT2D eigenvalue weighted by atomic mass is 16.6. The number of hydrogen-bond acceptors (Lipinski definition) is 2. The largest absolute Gasteiger partial charge is 0.460 e. The van der Waals surface area contributed by atoms with Gasteiger partial charge in [0.25, 0.3) is 0 Å². The Morgan fingerprint density at radius 1 is 0.889 bits per heavy atom. The van der Waals surface area contributed by atoms with Crippen LogP contribution in [0.3, 0.4) is 0 Å². The number of rotatable bonds is 11. The van der Waals surface area contributed by atoms with Gasteiger partial charge in [-0.3, -0.25) is 4.79 Å². The van der Waals surface area contributed by atoms with E-state index in [1.54, 1.807) is 0 Å². The van der Waals surface area contributed by atoms with Crippen LogP contribution in [0.5, 0.6) is 0 Å². The summed E-state index contributed by atoms with van der Waals surface area (Å²) in [5.41, 5.74) is -0.285. The quantitative estimate of drug-likeness (QED) is 0.373. The lowest BCUT2D eigenvalue weighted by Gasteiger charge is -2.24. The van der Waals surface area contributed by atoms with Gasteiger partial charge in [-0.15, -0.1) is 0 Å². The molecule has 0 saturated carbocycles. The normalized spacial score (nSPS) is 11.6. The van der Waals surface area contributed by atoms with Crippen LogP contribution in [0, 0.1) is 0 Å². The molecule has 0 bridgehead atoms. The van der Waals surface area contributed by atoms with Gasteiger partial charge in [-0.1, -0.05) is 58.3 Å². The molecule has 0 radical (unpaired) electrons. The van der Waals surface area contributed by atoms with Crippen LogP contribution in [0.1, 0.15) is 91.9 Å². The van der Waals surface area contributed by atoms with Crippen LogP contribution in [-0.2, 0) is 9.53 Å². The molecule has 0 aromatic carbocycles. The van der Waals surface area contributed by atoms with Gasteiger partial charge >= 0.3 is 5.97 Å². The minimum atomic E-state index is -0.285. The molecule has 0 aromatic rings. The summed E-state index contributed by atoms with van der Waals surface area (Å²) in [4.78, 5) is 10.9. The lowest BCUT2D eigenvalue weighted by atomic mass is 9.99. The fourth-order valence-corrected chi connectivity index (χ4v) is 2.30. The van der Waals surface area contributed by atoms with Crippen molar-refractivity contribution in [1.82, 2.24) is 0 Å². The maximum absolute atomic E-state index is 10.9. The van der Waals surface area contributed by atoms with E-state index >= 15 is 0 Å². The number of carbonyl (C=O) groups is 1. The molecule has 108 valence electrons. The van der Waals surface area contributed by atoms with Gasteiger partial charge in [0, 0.05) is 6.92 Å².